The van der Waals surface area contributed by atoms with Gasteiger partial charge >= 0.3 is 7.82 Å². The van der Waals surface area contributed by atoms with Crippen molar-refractivity contribution in [1.29, 1.82) is 0 Å². The highest BCUT2D eigenvalue weighted by Crippen LogP contribution is 2.38. The summed E-state index contributed by atoms with van der Waals surface area (Å²) in [5, 5.41) is 29.8. The van der Waals surface area contributed by atoms with Crippen molar-refractivity contribution in [2.75, 3.05) is 6.61 Å². The lowest BCUT2D eigenvalue weighted by Crippen LogP contribution is -2.55. The molecule has 1 fully saturated rings. The summed E-state index contributed by atoms with van der Waals surface area (Å²) >= 11 is 0. The first-order chi connectivity index (χ1) is 10.2. The van der Waals surface area contributed by atoms with Gasteiger partial charge in [-0.1, -0.05) is 29.8 Å². The molecule has 0 amide bonds. The fourth-order valence-corrected chi connectivity index (χ4v) is 2.72. The van der Waals surface area contributed by atoms with Gasteiger partial charge in [-0.15, -0.1) is 0 Å². The summed E-state index contributed by atoms with van der Waals surface area (Å²) in [6, 6.07) is 7.03. The first kappa shape index (κ1) is 17.5. The van der Waals surface area contributed by atoms with Crippen LogP contribution in [0.4, 0.5) is 0 Å². The molecule has 9 heteroatoms. The number of hydrogen-bond donors (Lipinski definition) is 5. The maximum atomic E-state index is 10.7. The number of ether oxygens (including phenoxy) is 1. The normalized spacial score (nSPS) is 32.9. The Labute approximate surface area is 127 Å². The number of aliphatic hydroxyl groups excluding tert-OH is 3. The molecule has 2 rings (SSSR count). The van der Waals surface area contributed by atoms with Crippen LogP contribution in [0.15, 0.2) is 24.3 Å². The average molecular weight is 334 g/mol. The zero-order chi connectivity index (χ0) is 16.5. The molecule has 1 aliphatic rings. The van der Waals surface area contributed by atoms with Gasteiger partial charge in [-0.05, 0) is 12.5 Å². The van der Waals surface area contributed by atoms with Crippen molar-refractivity contribution in [2.24, 2.45) is 0 Å². The summed E-state index contributed by atoms with van der Waals surface area (Å²) in [4.78, 5) is 17.4. The van der Waals surface area contributed by atoms with Crippen LogP contribution in [-0.2, 0) is 13.8 Å². The molecule has 0 aromatic heterocycles. The fourth-order valence-electron chi connectivity index (χ4n) is 2.38. The maximum Gasteiger partial charge on any atom is 0.469 e. The number of phosphoric acid groups is 1. The minimum absolute atomic E-state index is 0.583. The molecule has 0 aliphatic carbocycles. The van der Waals surface area contributed by atoms with E-state index >= 15 is 0 Å². The monoisotopic (exact) mass is 334 g/mol. The molecule has 0 bridgehead atoms. The van der Waals surface area contributed by atoms with Crippen LogP contribution in [0.2, 0.25) is 0 Å². The Balaban J connectivity index is 2.18. The molecule has 124 valence electrons. The highest BCUT2D eigenvalue weighted by atomic mass is 31.2. The average Bonchev–Trinajstić information content (AvgIpc) is 2.43. The lowest BCUT2D eigenvalue weighted by Gasteiger charge is -2.40. The predicted octanol–water partition coefficient (Wildman–Crippen LogP) is -0.373. The quantitative estimate of drug-likeness (QED) is 0.470. The van der Waals surface area contributed by atoms with Crippen LogP contribution in [0.5, 0.6) is 0 Å². The van der Waals surface area contributed by atoms with Gasteiger partial charge < -0.3 is 29.8 Å². The number of benzene rings is 1. The third-order valence-electron chi connectivity index (χ3n) is 3.49. The highest BCUT2D eigenvalue weighted by molar-refractivity contribution is 7.46. The zero-order valence-corrected chi connectivity index (χ0v) is 12.7. The van der Waals surface area contributed by atoms with Crippen LogP contribution in [-0.4, -0.2) is 56.1 Å². The summed E-state index contributed by atoms with van der Waals surface area (Å²) in [7, 11) is -4.73. The Kier molecular flexibility index (Phi) is 5.37. The lowest BCUT2D eigenvalue weighted by atomic mass is 9.91. The van der Waals surface area contributed by atoms with Crippen LogP contribution >= 0.6 is 7.82 Å². The molecular weight excluding hydrogens is 315 g/mol. The Morgan fingerprint density at radius 1 is 1.18 bits per heavy atom. The lowest BCUT2D eigenvalue weighted by molar-refractivity contribution is -0.230. The van der Waals surface area contributed by atoms with Crippen molar-refractivity contribution in [1.82, 2.24) is 0 Å². The van der Waals surface area contributed by atoms with Gasteiger partial charge in [0.05, 0.1) is 6.61 Å². The van der Waals surface area contributed by atoms with E-state index in [-0.39, 0.29) is 0 Å². The van der Waals surface area contributed by atoms with E-state index in [1.807, 2.05) is 13.0 Å². The second-order valence-electron chi connectivity index (χ2n) is 5.27. The molecule has 0 spiro atoms. The van der Waals surface area contributed by atoms with Gasteiger partial charge in [0.15, 0.2) is 0 Å². The number of aryl methyl sites for hydroxylation is 1. The van der Waals surface area contributed by atoms with E-state index in [2.05, 4.69) is 4.52 Å². The second kappa shape index (κ2) is 6.74. The van der Waals surface area contributed by atoms with Crippen molar-refractivity contribution in [3.05, 3.63) is 35.4 Å². The molecule has 1 aromatic rings. The topological polar surface area (TPSA) is 137 Å². The molecule has 8 nitrogen and oxygen atoms in total. The van der Waals surface area contributed by atoms with Crippen LogP contribution in [0.25, 0.3) is 0 Å². The summed E-state index contributed by atoms with van der Waals surface area (Å²) < 4.78 is 20.6. The van der Waals surface area contributed by atoms with E-state index in [0.717, 1.165) is 5.56 Å². The largest absolute Gasteiger partial charge is 0.469 e. The first-order valence-corrected chi connectivity index (χ1v) is 8.18. The van der Waals surface area contributed by atoms with Gasteiger partial charge in [-0.25, -0.2) is 4.57 Å². The van der Waals surface area contributed by atoms with Gasteiger partial charge in [0.25, 0.3) is 0 Å². The highest BCUT2D eigenvalue weighted by Gasteiger charge is 2.44. The standard InChI is InChI=1S/C13H19O8P/c1-7-3-2-4-8(5-7)13-12(16)11(15)10(14)9(21-13)6-20-22(17,18)19/h2-5,9-16H,6H2,1H3,(H2,17,18,19)/t9-,10-,11+,12+,13+/m1/s1. The molecule has 22 heavy (non-hydrogen) atoms. The summed E-state index contributed by atoms with van der Waals surface area (Å²) in [5.74, 6) is 0. The fraction of sp³-hybridized carbons (Fsp3) is 0.538. The Morgan fingerprint density at radius 3 is 2.45 bits per heavy atom. The maximum absolute atomic E-state index is 10.7. The molecule has 5 N–H and O–H groups in total. The van der Waals surface area contributed by atoms with Crippen molar-refractivity contribution in [2.45, 2.75) is 37.4 Å². The van der Waals surface area contributed by atoms with Crippen molar-refractivity contribution in [3.8, 4) is 0 Å². The van der Waals surface area contributed by atoms with E-state index in [1.165, 1.54) is 0 Å². The molecule has 0 radical (unpaired) electrons. The SMILES string of the molecule is Cc1cccc([C@@H]2O[C@H](COP(=O)(O)O)[C@@H](O)[C@H](O)[C@@H]2O)c1. The number of hydrogen-bond acceptors (Lipinski definition) is 6. The van der Waals surface area contributed by atoms with Crippen molar-refractivity contribution >= 4 is 7.82 Å². The number of rotatable bonds is 4. The number of phosphoric ester groups is 1. The van der Waals surface area contributed by atoms with Crippen LogP contribution in [0.1, 0.15) is 17.2 Å². The van der Waals surface area contributed by atoms with Crippen molar-refractivity contribution < 1.29 is 38.9 Å². The predicted molar refractivity (Wildman–Crippen MR) is 74.8 cm³/mol. The molecule has 1 aromatic carbocycles. The van der Waals surface area contributed by atoms with E-state index in [1.54, 1.807) is 18.2 Å². The van der Waals surface area contributed by atoms with Gasteiger partial charge in [0, 0.05) is 0 Å². The van der Waals surface area contributed by atoms with Crippen molar-refractivity contribution in [3.63, 3.8) is 0 Å². The van der Waals surface area contributed by atoms with Gasteiger partial charge in [0.1, 0.15) is 30.5 Å². The van der Waals surface area contributed by atoms with Crippen LogP contribution < -0.4 is 0 Å². The summed E-state index contributed by atoms with van der Waals surface area (Å²) in [6.45, 7) is 1.23. The zero-order valence-electron chi connectivity index (χ0n) is 11.8. The van der Waals surface area contributed by atoms with Gasteiger partial charge in [-0.2, -0.15) is 0 Å². The minimum atomic E-state index is -4.73. The molecule has 5 atom stereocenters. The second-order valence-corrected chi connectivity index (χ2v) is 6.51. The van der Waals surface area contributed by atoms with E-state index < -0.39 is 44.9 Å². The van der Waals surface area contributed by atoms with E-state index in [4.69, 9.17) is 14.5 Å². The summed E-state index contributed by atoms with van der Waals surface area (Å²) in [5.41, 5.74) is 1.50. The third kappa shape index (κ3) is 4.13. The summed E-state index contributed by atoms with van der Waals surface area (Å²) in [6.07, 6.45) is -6.55. The molecule has 1 aliphatic heterocycles. The van der Waals surface area contributed by atoms with E-state index in [0.29, 0.717) is 5.56 Å². The Hall–Kier alpha value is -0.830. The van der Waals surface area contributed by atoms with Gasteiger partial charge in [0.2, 0.25) is 0 Å². The molecule has 0 saturated carbocycles. The molecule has 1 saturated heterocycles. The Morgan fingerprint density at radius 2 is 1.86 bits per heavy atom. The van der Waals surface area contributed by atoms with Gasteiger partial charge in [-0.3, -0.25) is 4.52 Å². The first-order valence-electron chi connectivity index (χ1n) is 6.65. The van der Waals surface area contributed by atoms with Crippen LogP contribution in [0, 0.1) is 6.92 Å². The molecule has 0 unspecified atom stereocenters. The third-order valence-corrected chi connectivity index (χ3v) is 3.98. The molecule has 1 heterocycles. The minimum Gasteiger partial charge on any atom is -0.388 e. The Bertz CT molecular complexity index is 559. The molecular formula is C13H19O8P. The van der Waals surface area contributed by atoms with Crippen LogP contribution in [0.3, 0.4) is 0 Å². The number of aliphatic hydroxyl groups is 3. The smallest absolute Gasteiger partial charge is 0.388 e. The van der Waals surface area contributed by atoms with E-state index in [9.17, 15) is 19.9 Å².